The fourth-order valence-electron chi connectivity index (χ4n) is 0.998. The monoisotopic (exact) mass is 217 g/mol. The zero-order valence-electron chi connectivity index (χ0n) is 7.58. The fourth-order valence-corrected chi connectivity index (χ4v) is 0.998. The number of hydrogen-bond acceptors (Lipinski definition) is 3. The van der Waals surface area contributed by atoms with Crippen molar-refractivity contribution < 1.29 is 23.8 Å². The second kappa shape index (κ2) is 4.59. The van der Waals surface area contributed by atoms with Crippen LogP contribution < -0.4 is 5.32 Å². The van der Waals surface area contributed by atoms with Crippen LogP contribution in [0.15, 0.2) is 18.2 Å². The lowest BCUT2D eigenvalue weighted by Gasteiger charge is -2.05. The molecule has 0 radical (unpaired) electrons. The molecule has 0 bridgehead atoms. The van der Waals surface area contributed by atoms with Crippen LogP contribution in [0.1, 0.15) is 10.4 Å². The van der Waals surface area contributed by atoms with Gasteiger partial charge in [0.1, 0.15) is 11.5 Å². The van der Waals surface area contributed by atoms with Gasteiger partial charge in [0, 0.05) is 11.6 Å². The van der Waals surface area contributed by atoms with Crippen molar-refractivity contribution in [2.75, 3.05) is 6.54 Å². The van der Waals surface area contributed by atoms with Crippen molar-refractivity contribution in [2.45, 2.75) is 6.43 Å². The Bertz CT molecular complexity index is 348. The number of aromatic hydroxyl groups is 2. The summed E-state index contributed by atoms with van der Waals surface area (Å²) < 4.78 is 23.5. The average Bonchev–Trinajstić information content (AvgIpc) is 2.12. The maximum absolute atomic E-state index is 11.8. The Morgan fingerprint density at radius 2 is 1.80 bits per heavy atom. The molecule has 0 saturated carbocycles. The molecule has 82 valence electrons. The molecule has 15 heavy (non-hydrogen) atoms. The van der Waals surface area contributed by atoms with Crippen molar-refractivity contribution in [3.05, 3.63) is 23.8 Å². The van der Waals surface area contributed by atoms with Gasteiger partial charge in [-0.2, -0.15) is 0 Å². The van der Waals surface area contributed by atoms with Crippen molar-refractivity contribution in [1.82, 2.24) is 5.32 Å². The SMILES string of the molecule is O=C(NCC(F)F)c1cc(O)cc(O)c1. The van der Waals surface area contributed by atoms with Gasteiger partial charge in [0.15, 0.2) is 0 Å². The number of nitrogens with one attached hydrogen (secondary N) is 1. The smallest absolute Gasteiger partial charge is 0.255 e. The van der Waals surface area contributed by atoms with Crippen LogP contribution in [0, 0.1) is 0 Å². The topological polar surface area (TPSA) is 69.6 Å². The normalized spacial score (nSPS) is 10.3. The molecule has 0 aliphatic heterocycles. The van der Waals surface area contributed by atoms with Crippen molar-refractivity contribution in [3.8, 4) is 11.5 Å². The van der Waals surface area contributed by atoms with Gasteiger partial charge in [-0.25, -0.2) is 8.78 Å². The number of benzene rings is 1. The number of alkyl halides is 2. The number of phenols is 2. The Morgan fingerprint density at radius 1 is 1.27 bits per heavy atom. The largest absolute Gasteiger partial charge is 0.508 e. The van der Waals surface area contributed by atoms with Gasteiger partial charge in [0.25, 0.3) is 12.3 Å². The number of carbonyl (C=O) groups excluding carboxylic acids is 1. The van der Waals surface area contributed by atoms with Gasteiger partial charge in [0.05, 0.1) is 6.54 Å². The highest BCUT2D eigenvalue weighted by Gasteiger charge is 2.10. The molecule has 1 rings (SSSR count). The molecule has 6 heteroatoms. The minimum absolute atomic E-state index is 0.0758. The molecule has 0 heterocycles. The Kier molecular flexibility index (Phi) is 3.43. The predicted molar refractivity (Wildman–Crippen MR) is 48.1 cm³/mol. The zero-order chi connectivity index (χ0) is 11.4. The standard InChI is InChI=1S/C9H9F2NO3/c10-8(11)4-12-9(15)5-1-6(13)3-7(14)2-5/h1-3,8,13-14H,4H2,(H,12,15). The highest BCUT2D eigenvalue weighted by molar-refractivity contribution is 5.95. The summed E-state index contributed by atoms with van der Waals surface area (Å²) >= 11 is 0. The predicted octanol–water partition coefficient (Wildman–Crippen LogP) is 1.09. The third-order valence-corrected chi connectivity index (χ3v) is 1.58. The maximum Gasteiger partial charge on any atom is 0.255 e. The van der Waals surface area contributed by atoms with Crippen LogP contribution in [0.5, 0.6) is 11.5 Å². The molecule has 1 aromatic rings. The Hall–Kier alpha value is -1.85. The van der Waals surface area contributed by atoms with Crippen LogP contribution in [0.2, 0.25) is 0 Å². The van der Waals surface area contributed by atoms with E-state index in [2.05, 4.69) is 0 Å². The number of rotatable bonds is 3. The molecule has 0 aliphatic rings. The molecule has 1 amide bonds. The van der Waals surface area contributed by atoms with E-state index in [-0.39, 0.29) is 17.1 Å². The van der Waals surface area contributed by atoms with E-state index in [1.165, 1.54) is 0 Å². The van der Waals surface area contributed by atoms with E-state index in [0.29, 0.717) is 0 Å². The summed E-state index contributed by atoms with van der Waals surface area (Å²) in [6, 6.07) is 3.17. The molecular weight excluding hydrogens is 208 g/mol. The van der Waals surface area contributed by atoms with E-state index in [1.54, 1.807) is 0 Å². The van der Waals surface area contributed by atoms with Crippen LogP contribution in [-0.2, 0) is 0 Å². The molecular formula is C9H9F2NO3. The zero-order valence-corrected chi connectivity index (χ0v) is 7.58. The van der Waals surface area contributed by atoms with Gasteiger partial charge in [-0.15, -0.1) is 0 Å². The van der Waals surface area contributed by atoms with E-state index < -0.39 is 18.9 Å². The molecule has 0 aromatic heterocycles. The van der Waals surface area contributed by atoms with Crippen LogP contribution in [0.25, 0.3) is 0 Å². The molecule has 0 spiro atoms. The minimum atomic E-state index is -2.64. The number of halogens is 2. The molecule has 3 N–H and O–H groups in total. The van der Waals surface area contributed by atoms with E-state index in [9.17, 15) is 13.6 Å². The third kappa shape index (κ3) is 3.41. The van der Waals surface area contributed by atoms with Gasteiger partial charge in [-0.05, 0) is 12.1 Å². The van der Waals surface area contributed by atoms with E-state index in [4.69, 9.17) is 10.2 Å². The maximum atomic E-state index is 11.8. The molecule has 0 saturated heterocycles. The van der Waals surface area contributed by atoms with Gasteiger partial charge < -0.3 is 15.5 Å². The van der Waals surface area contributed by atoms with Crippen LogP contribution in [0.3, 0.4) is 0 Å². The first kappa shape index (κ1) is 11.2. The molecule has 1 aromatic carbocycles. The van der Waals surface area contributed by atoms with Crippen LogP contribution in [-0.4, -0.2) is 29.1 Å². The summed E-state index contributed by atoms with van der Waals surface area (Å²) in [4.78, 5) is 11.2. The molecule has 0 fully saturated rings. The summed E-state index contributed by atoms with van der Waals surface area (Å²) in [7, 11) is 0. The van der Waals surface area contributed by atoms with Gasteiger partial charge in [-0.1, -0.05) is 0 Å². The summed E-state index contributed by atoms with van der Waals surface area (Å²) in [5.74, 6) is -1.39. The quantitative estimate of drug-likeness (QED) is 0.709. The van der Waals surface area contributed by atoms with E-state index in [1.807, 2.05) is 5.32 Å². The second-order valence-corrected chi connectivity index (χ2v) is 2.84. The van der Waals surface area contributed by atoms with Gasteiger partial charge >= 0.3 is 0 Å². The van der Waals surface area contributed by atoms with Crippen LogP contribution >= 0.6 is 0 Å². The molecule has 0 aliphatic carbocycles. The summed E-state index contributed by atoms with van der Waals surface area (Å²) in [5.41, 5.74) is -0.0758. The van der Waals surface area contributed by atoms with Crippen LogP contribution in [0.4, 0.5) is 8.78 Å². The fraction of sp³-hybridized carbons (Fsp3) is 0.222. The van der Waals surface area contributed by atoms with Gasteiger partial charge in [-0.3, -0.25) is 4.79 Å². The lowest BCUT2D eigenvalue weighted by atomic mass is 10.2. The third-order valence-electron chi connectivity index (χ3n) is 1.58. The first-order chi connectivity index (χ1) is 6.99. The summed E-state index contributed by atoms with van der Waals surface area (Å²) in [6.45, 7) is -0.769. The molecule has 0 unspecified atom stereocenters. The second-order valence-electron chi connectivity index (χ2n) is 2.84. The van der Waals surface area contributed by atoms with E-state index in [0.717, 1.165) is 18.2 Å². The Balaban J connectivity index is 2.73. The highest BCUT2D eigenvalue weighted by atomic mass is 19.3. The lowest BCUT2D eigenvalue weighted by molar-refractivity contribution is 0.0891. The first-order valence-electron chi connectivity index (χ1n) is 4.08. The molecule has 4 nitrogen and oxygen atoms in total. The minimum Gasteiger partial charge on any atom is -0.508 e. The van der Waals surface area contributed by atoms with Crippen molar-refractivity contribution in [3.63, 3.8) is 0 Å². The number of phenolic OH excluding ortho intramolecular Hbond substituents is 2. The number of carbonyl (C=O) groups is 1. The highest BCUT2D eigenvalue weighted by Crippen LogP contribution is 2.20. The van der Waals surface area contributed by atoms with Crippen molar-refractivity contribution in [2.24, 2.45) is 0 Å². The number of hydrogen-bond donors (Lipinski definition) is 3. The van der Waals surface area contributed by atoms with Gasteiger partial charge in [0.2, 0.25) is 0 Å². The Labute approximate surface area is 84.2 Å². The van der Waals surface area contributed by atoms with E-state index >= 15 is 0 Å². The van der Waals surface area contributed by atoms with Crippen molar-refractivity contribution in [1.29, 1.82) is 0 Å². The number of amides is 1. The summed E-state index contributed by atoms with van der Waals surface area (Å²) in [5, 5.41) is 20.0. The lowest BCUT2D eigenvalue weighted by Crippen LogP contribution is -2.28. The van der Waals surface area contributed by atoms with Crippen molar-refractivity contribution >= 4 is 5.91 Å². The average molecular weight is 217 g/mol. The Morgan fingerprint density at radius 3 is 2.27 bits per heavy atom. The molecule has 0 atom stereocenters. The summed E-state index contributed by atoms with van der Waals surface area (Å²) in [6.07, 6.45) is -2.64. The first-order valence-corrected chi connectivity index (χ1v) is 4.08.